The van der Waals surface area contributed by atoms with E-state index in [4.69, 9.17) is 14.7 Å². The summed E-state index contributed by atoms with van der Waals surface area (Å²) < 4.78 is 6.29. The van der Waals surface area contributed by atoms with Gasteiger partial charge in [0.15, 0.2) is 0 Å². The standard InChI is InChI=1S/C29H36N6O2/c1-33-11-4-6-22(33)18-37-29-31-26-17-34(27-14-23(36)13-19-5-2-3-7-24(19)27)12-10-25(26)28(32-29)35-15-20-8-9-21(16-35)30-20/h2-3,5,7,13-14,20-22,30,36H,4,6,8-12,15-18H2,1H3/t20-,21+,22-/m0/s1. The van der Waals surface area contributed by atoms with Gasteiger partial charge in [-0.1, -0.05) is 24.3 Å². The van der Waals surface area contributed by atoms with E-state index in [1.807, 2.05) is 18.2 Å². The first-order valence-electron chi connectivity index (χ1n) is 13.8. The molecule has 0 amide bonds. The molecule has 8 nitrogen and oxygen atoms in total. The van der Waals surface area contributed by atoms with Gasteiger partial charge in [0.05, 0.1) is 12.2 Å². The maximum atomic E-state index is 10.5. The van der Waals surface area contributed by atoms with Crippen LogP contribution in [-0.2, 0) is 13.0 Å². The lowest BCUT2D eigenvalue weighted by molar-refractivity contribution is 0.187. The van der Waals surface area contributed by atoms with Crippen LogP contribution >= 0.6 is 0 Å². The van der Waals surface area contributed by atoms with Crippen LogP contribution in [0.4, 0.5) is 11.5 Å². The molecular weight excluding hydrogens is 464 g/mol. The summed E-state index contributed by atoms with van der Waals surface area (Å²) in [5.41, 5.74) is 3.35. The lowest BCUT2D eigenvalue weighted by Crippen LogP contribution is -2.52. The number of hydrogen-bond donors (Lipinski definition) is 2. The van der Waals surface area contributed by atoms with Crippen molar-refractivity contribution in [2.45, 2.75) is 56.8 Å². The third-order valence-electron chi connectivity index (χ3n) is 8.78. The Morgan fingerprint density at radius 2 is 1.86 bits per heavy atom. The van der Waals surface area contributed by atoms with Gasteiger partial charge in [-0.3, -0.25) is 0 Å². The molecule has 4 aliphatic heterocycles. The lowest BCUT2D eigenvalue weighted by atomic mass is 10.0. The molecule has 194 valence electrons. The average Bonchev–Trinajstić information content (AvgIpc) is 3.49. The van der Waals surface area contributed by atoms with Gasteiger partial charge in [0.1, 0.15) is 18.2 Å². The smallest absolute Gasteiger partial charge is 0.318 e. The number of piperazine rings is 1. The van der Waals surface area contributed by atoms with Crippen LogP contribution in [0.5, 0.6) is 11.8 Å². The summed E-state index contributed by atoms with van der Waals surface area (Å²) in [5.74, 6) is 1.36. The lowest BCUT2D eigenvalue weighted by Gasteiger charge is -2.37. The topological polar surface area (TPSA) is 77.0 Å². The van der Waals surface area contributed by atoms with Gasteiger partial charge >= 0.3 is 6.01 Å². The number of benzene rings is 2. The Hall–Kier alpha value is -3.10. The molecule has 3 aromatic rings. The molecule has 7 rings (SSSR count). The highest BCUT2D eigenvalue weighted by Crippen LogP contribution is 2.37. The fourth-order valence-corrected chi connectivity index (χ4v) is 6.79. The fourth-order valence-electron chi connectivity index (χ4n) is 6.79. The number of aromatic hydroxyl groups is 1. The molecule has 0 spiro atoms. The molecule has 5 heterocycles. The third kappa shape index (κ3) is 4.36. The molecule has 0 unspecified atom stereocenters. The average molecular weight is 501 g/mol. The van der Waals surface area contributed by atoms with Crippen LogP contribution in [0, 0.1) is 0 Å². The molecule has 2 aromatic carbocycles. The van der Waals surface area contributed by atoms with E-state index in [1.54, 1.807) is 0 Å². The Morgan fingerprint density at radius 3 is 2.68 bits per heavy atom. The number of hydrogen-bond acceptors (Lipinski definition) is 8. The zero-order valence-electron chi connectivity index (χ0n) is 21.6. The van der Waals surface area contributed by atoms with Crippen molar-refractivity contribution in [3.8, 4) is 11.8 Å². The van der Waals surface area contributed by atoms with Gasteiger partial charge < -0.3 is 29.9 Å². The number of nitrogens with zero attached hydrogens (tertiary/aromatic N) is 5. The highest BCUT2D eigenvalue weighted by atomic mass is 16.5. The first kappa shape index (κ1) is 23.0. The number of likely N-dealkylation sites (N-methyl/N-ethyl adjacent to an activating group) is 1. The maximum absolute atomic E-state index is 10.5. The van der Waals surface area contributed by atoms with E-state index in [9.17, 15) is 5.11 Å². The van der Waals surface area contributed by atoms with Crippen molar-refractivity contribution in [1.82, 2.24) is 20.2 Å². The third-order valence-corrected chi connectivity index (χ3v) is 8.78. The van der Waals surface area contributed by atoms with E-state index in [-0.39, 0.29) is 0 Å². The second-order valence-electron chi connectivity index (χ2n) is 11.2. The molecule has 0 radical (unpaired) electrons. The SMILES string of the molecule is CN1CCC[C@H]1COc1nc2c(c(N3C[C@H]4CC[C@@H](C3)N4)n1)CCN(c1cc(O)cc3ccccc13)C2. The molecule has 1 aromatic heterocycles. The minimum absolute atomic E-state index is 0.295. The van der Waals surface area contributed by atoms with Gasteiger partial charge in [-0.2, -0.15) is 9.97 Å². The Bertz CT molecular complexity index is 1300. The van der Waals surface area contributed by atoms with Crippen molar-refractivity contribution in [3.05, 3.63) is 47.7 Å². The number of ether oxygens (including phenoxy) is 1. The van der Waals surface area contributed by atoms with Crippen molar-refractivity contribution < 1.29 is 9.84 Å². The molecule has 4 aliphatic rings. The predicted octanol–water partition coefficient (Wildman–Crippen LogP) is 3.31. The molecule has 3 atom stereocenters. The number of likely N-dealkylation sites (tertiary alicyclic amines) is 1. The summed E-state index contributed by atoms with van der Waals surface area (Å²) in [6.07, 6.45) is 5.74. The van der Waals surface area contributed by atoms with E-state index in [1.165, 1.54) is 24.8 Å². The van der Waals surface area contributed by atoms with Crippen molar-refractivity contribution in [1.29, 1.82) is 0 Å². The molecule has 37 heavy (non-hydrogen) atoms. The molecule has 8 heteroatoms. The summed E-state index contributed by atoms with van der Waals surface area (Å²) in [4.78, 5) is 17.2. The molecule has 0 aliphatic carbocycles. The maximum Gasteiger partial charge on any atom is 0.318 e. The highest BCUT2D eigenvalue weighted by molar-refractivity contribution is 5.95. The van der Waals surface area contributed by atoms with Crippen molar-refractivity contribution in [2.75, 3.05) is 49.6 Å². The van der Waals surface area contributed by atoms with Gasteiger partial charge in [0, 0.05) is 60.5 Å². The minimum atomic E-state index is 0.295. The van der Waals surface area contributed by atoms with Crippen LogP contribution < -0.4 is 19.9 Å². The van der Waals surface area contributed by atoms with E-state index in [0.29, 0.717) is 43.0 Å². The summed E-state index contributed by atoms with van der Waals surface area (Å²) in [5, 5.41) is 16.4. The minimum Gasteiger partial charge on any atom is -0.508 e. The zero-order chi connectivity index (χ0) is 24.9. The van der Waals surface area contributed by atoms with Gasteiger partial charge in [-0.05, 0) is 57.1 Å². The highest BCUT2D eigenvalue weighted by Gasteiger charge is 2.35. The molecule has 2 N–H and O–H groups in total. The largest absolute Gasteiger partial charge is 0.508 e. The molecule has 0 saturated carbocycles. The Kier molecular flexibility index (Phi) is 5.81. The summed E-state index contributed by atoms with van der Waals surface area (Å²) in [6, 6.07) is 14.0. The van der Waals surface area contributed by atoms with Crippen LogP contribution in [0.2, 0.25) is 0 Å². The van der Waals surface area contributed by atoms with Gasteiger partial charge in [0.2, 0.25) is 0 Å². The number of rotatable bonds is 5. The van der Waals surface area contributed by atoms with E-state index >= 15 is 0 Å². The van der Waals surface area contributed by atoms with Crippen molar-refractivity contribution in [3.63, 3.8) is 0 Å². The predicted molar refractivity (Wildman–Crippen MR) is 146 cm³/mol. The summed E-state index contributed by atoms with van der Waals surface area (Å²) in [6.45, 7) is 5.28. The molecular formula is C29H36N6O2. The quantitative estimate of drug-likeness (QED) is 0.553. The second-order valence-corrected chi connectivity index (χ2v) is 11.2. The number of aromatic nitrogens is 2. The number of anilines is 2. The van der Waals surface area contributed by atoms with Crippen molar-refractivity contribution >= 4 is 22.3 Å². The molecule has 3 fully saturated rings. The monoisotopic (exact) mass is 500 g/mol. The Morgan fingerprint density at radius 1 is 1.03 bits per heavy atom. The van der Waals surface area contributed by atoms with Gasteiger partial charge in [0.25, 0.3) is 0 Å². The summed E-state index contributed by atoms with van der Waals surface area (Å²) >= 11 is 0. The van der Waals surface area contributed by atoms with Crippen LogP contribution in [-0.4, -0.2) is 77.9 Å². The normalized spacial score (nSPS) is 25.6. The number of fused-ring (bicyclic) bond motifs is 4. The Labute approximate surface area is 218 Å². The molecule has 2 bridgehead atoms. The zero-order valence-corrected chi connectivity index (χ0v) is 21.6. The van der Waals surface area contributed by atoms with Crippen LogP contribution in [0.3, 0.4) is 0 Å². The van der Waals surface area contributed by atoms with Gasteiger partial charge in [-0.25, -0.2) is 0 Å². The van der Waals surface area contributed by atoms with E-state index in [0.717, 1.165) is 67.0 Å². The second kappa shape index (κ2) is 9.33. The number of phenolic OH excluding ortho intramolecular Hbond substituents is 1. The van der Waals surface area contributed by atoms with E-state index in [2.05, 4.69) is 45.3 Å². The van der Waals surface area contributed by atoms with Crippen molar-refractivity contribution in [2.24, 2.45) is 0 Å². The summed E-state index contributed by atoms with van der Waals surface area (Å²) in [7, 11) is 2.17. The number of phenols is 1. The Balaban J connectivity index is 1.23. The number of nitrogens with one attached hydrogen (secondary N) is 1. The first-order chi connectivity index (χ1) is 18.1. The molecule has 3 saturated heterocycles. The fraction of sp³-hybridized carbons (Fsp3) is 0.517. The first-order valence-corrected chi connectivity index (χ1v) is 13.8. The van der Waals surface area contributed by atoms with Crippen LogP contribution in [0.15, 0.2) is 36.4 Å². The van der Waals surface area contributed by atoms with Crippen LogP contribution in [0.25, 0.3) is 10.8 Å². The van der Waals surface area contributed by atoms with Gasteiger partial charge in [-0.15, -0.1) is 0 Å². The van der Waals surface area contributed by atoms with E-state index < -0.39 is 0 Å². The van der Waals surface area contributed by atoms with Crippen LogP contribution in [0.1, 0.15) is 36.9 Å².